The highest BCUT2D eigenvalue weighted by Gasteiger charge is 2.18. The molecule has 7 heteroatoms. The van der Waals surface area contributed by atoms with Crippen molar-refractivity contribution in [3.8, 4) is 0 Å². The number of nitrogens with zero attached hydrogens (tertiary/aromatic N) is 3. The first-order chi connectivity index (χ1) is 9.83. The van der Waals surface area contributed by atoms with Gasteiger partial charge in [-0.15, -0.1) is 5.10 Å². The molecule has 2 aromatic heterocycles. The van der Waals surface area contributed by atoms with Crippen LogP contribution in [0.1, 0.15) is 35.1 Å². The Morgan fingerprint density at radius 3 is 3.30 bits per heavy atom. The van der Waals surface area contributed by atoms with Crippen molar-refractivity contribution in [3.63, 3.8) is 0 Å². The zero-order chi connectivity index (χ0) is 13.8. The molecule has 0 saturated carbocycles. The van der Waals surface area contributed by atoms with Gasteiger partial charge in [0, 0.05) is 13.1 Å². The standard InChI is InChI=1S/C13H17N5OS/c19-13(15-6-10-3-5-20-8-10)12-16-9-18(17-12)11-2-1-4-14-7-11/h3,5,8-9,11,14H,1-2,4,6-7H2,(H,15,19). The minimum absolute atomic E-state index is 0.223. The van der Waals surface area contributed by atoms with Crippen LogP contribution in [0.5, 0.6) is 0 Å². The first kappa shape index (κ1) is 13.3. The fourth-order valence-electron chi connectivity index (χ4n) is 2.27. The van der Waals surface area contributed by atoms with Crippen molar-refractivity contribution in [1.29, 1.82) is 0 Å². The summed E-state index contributed by atoms with van der Waals surface area (Å²) in [7, 11) is 0. The maximum absolute atomic E-state index is 12.0. The molecule has 106 valence electrons. The van der Waals surface area contributed by atoms with E-state index in [4.69, 9.17) is 0 Å². The van der Waals surface area contributed by atoms with Crippen molar-refractivity contribution >= 4 is 17.2 Å². The number of piperidine rings is 1. The Labute approximate surface area is 121 Å². The molecule has 0 aliphatic carbocycles. The van der Waals surface area contributed by atoms with E-state index >= 15 is 0 Å². The van der Waals surface area contributed by atoms with Crippen molar-refractivity contribution in [2.45, 2.75) is 25.4 Å². The van der Waals surface area contributed by atoms with Gasteiger partial charge >= 0.3 is 0 Å². The molecular formula is C13H17N5OS. The number of nitrogens with one attached hydrogen (secondary N) is 2. The fraction of sp³-hybridized carbons (Fsp3) is 0.462. The maximum Gasteiger partial charge on any atom is 0.291 e. The number of hydrogen-bond acceptors (Lipinski definition) is 5. The van der Waals surface area contributed by atoms with Crippen LogP contribution >= 0.6 is 11.3 Å². The summed E-state index contributed by atoms with van der Waals surface area (Å²) in [4.78, 5) is 16.1. The quantitative estimate of drug-likeness (QED) is 0.888. The lowest BCUT2D eigenvalue weighted by Gasteiger charge is -2.22. The number of aromatic nitrogens is 3. The molecule has 1 amide bonds. The fourth-order valence-corrected chi connectivity index (χ4v) is 2.94. The predicted molar refractivity (Wildman–Crippen MR) is 76.7 cm³/mol. The Morgan fingerprint density at radius 1 is 1.60 bits per heavy atom. The molecule has 1 unspecified atom stereocenters. The van der Waals surface area contributed by atoms with Crippen molar-refractivity contribution < 1.29 is 4.79 Å². The Balaban J connectivity index is 1.59. The Hall–Kier alpha value is -1.73. The van der Waals surface area contributed by atoms with Crippen LogP contribution < -0.4 is 10.6 Å². The average molecular weight is 291 g/mol. The maximum atomic E-state index is 12.0. The lowest BCUT2D eigenvalue weighted by Crippen LogP contribution is -2.32. The molecule has 1 atom stereocenters. The average Bonchev–Trinajstić information content (AvgIpc) is 3.17. The molecule has 0 bridgehead atoms. The van der Waals surface area contributed by atoms with E-state index < -0.39 is 0 Å². The molecule has 0 aromatic carbocycles. The van der Waals surface area contributed by atoms with Gasteiger partial charge in [-0.05, 0) is 41.8 Å². The molecule has 1 saturated heterocycles. The number of carbonyl (C=O) groups is 1. The number of amides is 1. The van der Waals surface area contributed by atoms with E-state index in [9.17, 15) is 4.79 Å². The third-order valence-corrected chi connectivity index (χ3v) is 4.12. The third kappa shape index (κ3) is 3.05. The molecule has 6 nitrogen and oxygen atoms in total. The van der Waals surface area contributed by atoms with Crippen LogP contribution in [0.4, 0.5) is 0 Å². The van der Waals surface area contributed by atoms with Gasteiger partial charge in [-0.25, -0.2) is 9.67 Å². The lowest BCUT2D eigenvalue weighted by atomic mass is 10.1. The topological polar surface area (TPSA) is 71.8 Å². The smallest absolute Gasteiger partial charge is 0.291 e. The third-order valence-electron chi connectivity index (χ3n) is 3.39. The van der Waals surface area contributed by atoms with E-state index in [0.29, 0.717) is 12.6 Å². The summed E-state index contributed by atoms with van der Waals surface area (Å²) in [5.41, 5.74) is 1.10. The number of carbonyl (C=O) groups excluding carboxylic acids is 1. The van der Waals surface area contributed by atoms with Gasteiger partial charge in [-0.2, -0.15) is 11.3 Å². The normalized spacial score (nSPS) is 18.9. The van der Waals surface area contributed by atoms with E-state index in [0.717, 1.165) is 31.5 Å². The highest BCUT2D eigenvalue weighted by molar-refractivity contribution is 7.07. The molecule has 3 heterocycles. The van der Waals surface area contributed by atoms with Crippen LogP contribution in [0.2, 0.25) is 0 Å². The minimum Gasteiger partial charge on any atom is -0.345 e. The predicted octanol–water partition coefficient (Wildman–Crippen LogP) is 1.19. The van der Waals surface area contributed by atoms with E-state index in [1.54, 1.807) is 22.3 Å². The zero-order valence-electron chi connectivity index (χ0n) is 11.1. The van der Waals surface area contributed by atoms with Crippen LogP contribution in [-0.4, -0.2) is 33.8 Å². The van der Waals surface area contributed by atoms with Crippen molar-refractivity contribution in [1.82, 2.24) is 25.4 Å². The zero-order valence-corrected chi connectivity index (χ0v) is 11.9. The summed E-state index contributed by atoms with van der Waals surface area (Å²) in [5, 5.41) is 14.5. The van der Waals surface area contributed by atoms with Gasteiger partial charge in [0.25, 0.3) is 5.91 Å². The summed E-state index contributed by atoms with van der Waals surface area (Å²) in [5.74, 6) is 0.0181. The molecule has 0 spiro atoms. The SMILES string of the molecule is O=C(NCc1ccsc1)c1ncn(C2CCCNC2)n1. The lowest BCUT2D eigenvalue weighted by molar-refractivity contribution is 0.0940. The molecule has 1 fully saturated rings. The van der Waals surface area contributed by atoms with Gasteiger partial charge in [-0.3, -0.25) is 4.79 Å². The summed E-state index contributed by atoms with van der Waals surface area (Å²) in [6, 6.07) is 2.29. The van der Waals surface area contributed by atoms with Crippen LogP contribution in [0.15, 0.2) is 23.2 Å². The molecule has 1 aliphatic heterocycles. The van der Waals surface area contributed by atoms with Gasteiger partial charge < -0.3 is 10.6 Å². The van der Waals surface area contributed by atoms with E-state index in [2.05, 4.69) is 20.7 Å². The molecule has 2 aromatic rings. The van der Waals surface area contributed by atoms with Gasteiger partial charge in [0.05, 0.1) is 6.04 Å². The van der Waals surface area contributed by atoms with Crippen LogP contribution in [0.25, 0.3) is 0 Å². The van der Waals surface area contributed by atoms with Crippen LogP contribution in [-0.2, 0) is 6.54 Å². The second-order valence-electron chi connectivity index (χ2n) is 4.86. The first-order valence-corrected chi connectivity index (χ1v) is 7.68. The van der Waals surface area contributed by atoms with Gasteiger partial charge in [0.15, 0.2) is 0 Å². The Morgan fingerprint density at radius 2 is 2.55 bits per heavy atom. The second-order valence-corrected chi connectivity index (χ2v) is 5.64. The Bertz CT molecular complexity index is 559. The summed E-state index contributed by atoms with van der Waals surface area (Å²) >= 11 is 1.62. The van der Waals surface area contributed by atoms with E-state index in [1.807, 2.05) is 16.8 Å². The summed E-state index contributed by atoms with van der Waals surface area (Å²) in [6.45, 7) is 2.46. The molecule has 0 radical (unpaired) electrons. The highest BCUT2D eigenvalue weighted by atomic mass is 32.1. The van der Waals surface area contributed by atoms with E-state index in [-0.39, 0.29) is 11.7 Å². The van der Waals surface area contributed by atoms with Gasteiger partial charge in [0.1, 0.15) is 6.33 Å². The van der Waals surface area contributed by atoms with Crippen molar-refractivity contribution in [2.24, 2.45) is 0 Å². The van der Waals surface area contributed by atoms with Crippen molar-refractivity contribution in [3.05, 3.63) is 34.5 Å². The van der Waals surface area contributed by atoms with Crippen LogP contribution in [0, 0.1) is 0 Å². The molecule has 2 N–H and O–H groups in total. The molecule has 1 aliphatic rings. The van der Waals surface area contributed by atoms with Gasteiger partial charge in [0.2, 0.25) is 5.82 Å². The Kier molecular flexibility index (Phi) is 4.08. The largest absolute Gasteiger partial charge is 0.345 e. The number of thiophene rings is 1. The van der Waals surface area contributed by atoms with E-state index in [1.165, 1.54) is 0 Å². The number of rotatable bonds is 4. The van der Waals surface area contributed by atoms with Gasteiger partial charge in [-0.1, -0.05) is 0 Å². The summed E-state index contributed by atoms with van der Waals surface area (Å²) in [6.07, 6.45) is 3.85. The second kappa shape index (κ2) is 6.15. The highest BCUT2D eigenvalue weighted by Crippen LogP contribution is 2.14. The van der Waals surface area contributed by atoms with Crippen LogP contribution in [0.3, 0.4) is 0 Å². The number of hydrogen-bond donors (Lipinski definition) is 2. The summed E-state index contributed by atoms with van der Waals surface area (Å²) < 4.78 is 1.80. The monoisotopic (exact) mass is 291 g/mol. The first-order valence-electron chi connectivity index (χ1n) is 6.74. The molecular weight excluding hydrogens is 274 g/mol. The molecule has 20 heavy (non-hydrogen) atoms. The molecule has 3 rings (SSSR count). The van der Waals surface area contributed by atoms with Crippen molar-refractivity contribution in [2.75, 3.05) is 13.1 Å². The minimum atomic E-state index is -0.223.